The quantitative estimate of drug-likeness (QED) is 0.477. The lowest BCUT2D eigenvalue weighted by Gasteiger charge is -2.36. The molecule has 0 heterocycles. The van der Waals surface area contributed by atoms with Crippen LogP contribution in [-0.2, 0) is 4.79 Å². The van der Waals surface area contributed by atoms with E-state index >= 15 is 0 Å². The van der Waals surface area contributed by atoms with Crippen LogP contribution >= 0.6 is 0 Å². The van der Waals surface area contributed by atoms with E-state index in [4.69, 9.17) is 0 Å². The number of hydrogen-bond acceptors (Lipinski definition) is 1. The van der Waals surface area contributed by atoms with Crippen LogP contribution in [0.1, 0.15) is 45.4 Å². The summed E-state index contributed by atoms with van der Waals surface area (Å²) in [6, 6.07) is 0. The maximum absolute atomic E-state index is 11.7. The molecular weight excluding hydrogens is 160 g/mol. The maximum Gasteiger partial charge on any atom is 0.143 e. The molecule has 72 valence electrons. The Kier molecular flexibility index (Phi) is 2.27. The molecule has 13 heavy (non-hydrogen) atoms. The van der Waals surface area contributed by atoms with E-state index in [9.17, 15) is 4.79 Å². The van der Waals surface area contributed by atoms with Crippen LogP contribution in [0, 0.1) is 11.3 Å². The molecule has 2 unspecified atom stereocenters. The average Bonchev–Trinajstić information content (AvgIpc) is 2.29. The predicted molar refractivity (Wildman–Crippen MR) is 53.4 cm³/mol. The largest absolute Gasteiger partial charge is 0.299 e. The molecule has 1 fully saturated rings. The third-order valence-electron chi connectivity index (χ3n) is 3.68. The van der Waals surface area contributed by atoms with Crippen LogP contribution in [0.3, 0.4) is 0 Å². The molecule has 0 aromatic carbocycles. The third-order valence-corrected chi connectivity index (χ3v) is 3.68. The Labute approximate surface area is 80.2 Å². The van der Waals surface area contributed by atoms with Gasteiger partial charge >= 0.3 is 0 Å². The van der Waals surface area contributed by atoms with E-state index in [1.807, 2.05) is 0 Å². The molecule has 0 saturated heterocycles. The van der Waals surface area contributed by atoms with Gasteiger partial charge in [0.05, 0.1) is 5.41 Å². The smallest absolute Gasteiger partial charge is 0.143 e. The fourth-order valence-electron chi connectivity index (χ4n) is 2.71. The van der Waals surface area contributed by atoms with Crippen LogP contribution in [0.4, 0.5) is 0 Å². The molecule has 0 aliphatic heterocycles. The minimum atomic E-state index is 0.0230. The molecular formula is C12H18O. The summed E-state index contributed by atoms with van der Waals surface area (Å²) in [5, 5.41) is 0. The van der Waals surface area contributed by atoms with E-state index in [1.165, 1.54) is 19.3 Å². The van der Waals surface area contributed by atoms with Crippen molar-refractivity contribution in [1.82, 2.24) is 0 Å². The van der Waals surface area contributed by atoms with Crippen molar-refractivity contribution < 1.29 is 4.79 Å². The zero-order valence-electron chi connectivity index (χ0n) is 8.38. The van der Waals surface area contributed by atoms with Crippen LogP contribution < -0.4 is 0 Å². The molecule has 2 aliphatic rings. The van der Waals surface area contributed by atoms with Gasteiger partial charge in [0.25, 0.3) is 0 Å². The minimum Gasteiger partial charge on any atom is -0.299 e. The van der Waals surface area contributed by atoms with Gasteiger partial charge in [-0.25, -0.2) is 0 Å². The maximum atomic E-state index is 11.7. The molecule has 1 heteroatoms. The third kappa shape index (κ3) is 1.25. The molecule has 0 spiro atoms. The summed E-state index contributed by atoms with van der Waals surface area (Å²) in [6.45, 7) is 2.21. The number of unbranched alkanes of at least 4 members (excludes halogenated alkanes) is 2. The molecule has 0 bridgehead atoms. The molecule has 2 rings (SSSR count). The van der Waals surface area contributed by atoms with Gasteiger partial charge < -0.3 is 0 Å². The number of carbonyl (C=O) groups is 1. The Balaban J connectivity index is 1.95. The molecule has 0 aromatic rings. The summed E-state index contributed by atoms with van der Waals surface area (Å²) in [5.41, 5.74) is 0.0230. The number of fused-ring (bicyclic) bond motifs is 1. The first-order valence-corrected chi connectivity index (χ1v) is 5.52. The van der Waals surface area contributed by atoms with E-state index < -0.39 is 0 Å². The molecule has 1 saturated carbocycles. The topological polar surface area (TPSA) is 17.1 Å². The van der Waals surface area contributed by atoms with E-state index in [1.54, 1.807) is 0 Å². The fraction of sp³-hybridized carbons (Fsp3) is 0.750. The number of allylic oxidation sites excluding steroid dienone is 2. The van der Waals surface area contributed by atoms with Crippen molar-refractivity contribution in [3.63, 3.8) is 0 Å². The second kappa shape index (κ2) is 3.28. The zero-order chi connectivity index (χ0) is 9.31. The molecule has 0 aromatic heterocycles. The van der Waals surface area contributed by atoms with Gasteiger partial charge in [0, 0.05) is 6.42 Å². The lowest BCUT2D eigenvalue weighted by atomic mass is 9.66. The Hall–Kier alpha value is -0.590. The van der Waals surface area contributed by atoms with Gasteiger partial charge in [0.2, 0.25) is 0 Å². The number of carbonyl (C=O) groups excluding carboxylic acids is 1. The lowest BCUT2D eigenvalue weighted by molar-refractivity contribution is -0.125. The van der Waals surface area contributed by atoms with Gasteiger partial charge in [-0.1, -0.05) is 38.3 Å². The van der Waals surface area contributed by atoms with Gasteiger partial charge in [0.15, 0.2) is 0 Å². The first kappa shape index (κ1) is 8.98. The first-order valence-electron chi connectivity index (χ1n) is 5.52. The van der Waals surface area contributed by atoms with E-state index in [-0.39, 0.29) is 5.41 Å². The summed E-state index contributed by atoms with van der Waals surface area (Å²) < 4.78 is 0. The van der Waals surface area contributed by atoms with Crippen molar-refractivity contribution in [3.05, 3.63) is 12.2 Å². The highest BCUT2D eigenvalue weighted by molar-refractivity contribution is 5.91. The monoisotopic (exact) mass is 178 g/mol. The van der Waals surface area contributed by atoms with Gasteiger partial charge in [0.1, 0.15) is 5.78 Å². The second-order valence-corrected chi connectivity index (χ2v) is 4.42. The highest BCUT2D eigenvalue weighted by Gasteiger charge is 2.50. The van der Waals surface area contributed by atoms with Crippen LogP contribution in [0.25, 0.3) is 0 Å². The fourth-order valence-corrected chi connectivity index (χ4v) is 2.71. The van der Waals surface area contributed by atoms with Crippen molar-refractivity contribution >= 4 is 5.78 Å². The first-order chi connectivity index (χ1) is 6.29. The molecule has 2 aliphatic carbocycles. The Morgan fingerprint density at radius 2 is 2.38 bits per heavy atom. The molecule has 0 amide bonds. The number of rotatable bonds is 4. The zero-order valence-corrected chi connectivity index (χ0v) is 8.38. The summed E-state index contributed by atoms with van der Waals surface area (Å²) in [6.07, 6.45) is 11.2. The van der Waals surface area contributed by atoms with Gasteiger partial charge in [-0.2, -0.15) is 0 Å². The van der Waals surface area contributed by atoms with Crippen LogP contribution in [0.15, 0.2) is 12.2 Å². The van der Waals surface area contributed by atoms with Crippen LogP contribution in [0.5, 0.6) is 0 Å². The Morgan fingerprint density at radius 3 is 2.92 bits per heavy atom. The highest BCUT2D eigenvalue weighted by Crippen LogP contribution is 2.52. The van der Waals surface area contributed by atoms with Crippen molar-refractivity contribution in [2.24, 2.45) is 11.3 Å². The van der Waals surface area contributed by atoms with Crippen molar-refractivity contribution in [1.29, 1.82) is 0 Å². The molecule has 1 nitrogen and oxygen atoms in total. The highest BCUT2D eigenvalue weighted by atomic mass is 16.1. The minimum absolute atomic E-state index is 0.0230. The van der Waals surface area contributed by atoms with Crippen molar-refractivity contribution in [3.8, 4) is 0 Å². The molecule has 0 radical (unpaired) electrons. The van der Waals surface area contributed by atoms with Crippen molar-refractivity contribution in [2.75, 3.05) is 0 Å². The summed E-state index contributed by atoms with van der Waals surface area (Å²) >= 11 is 0. The predicted octanol–water partition coefficient (Wildman–Crippen LogP) is 3.10. The second-order valence-electron chi connectivity index (χ2n) is 4.42. The van der Waals surface area contributed by atoms with Crippen molar-refractivity contribution in [2.45, 2.75) is 45.4 Å². The lowest BCUT2D eigenvalue weighted by Crippen LogP contribution is -2.35. The standard InChI is InChI=1S/C12H18O/c1-2-3-4-8-12-9-7-10(12)5-6-11(12)13/h7,9-10H,2-6,8H2,1H3. The normalized spacial score (nSPS) is 36.1. The summed E-state index contributed by atoms with van der Waals surface area (Å²) in [5.74, 6) is 1.12. The van der Waals surface area contributed by atoms with Gasteiger partial charge in [-0.15, -0.1) is 0 Å². The number of Topliss-reactive ketones (excluding diaryl/α,β-unsaturated/α-hetero) is 1. The Bertz CT molecular complexity index is 242. The Morgan fingerprint density at radius 1 is 1.54 bits per heavy atom. The summed E-state index contributed by atoms with van der Waals surface area (Å²) in [4.78, 5) is 11.7. The van der Waals surface area contributed by atoms with Gasteiger partial charge in [-0.05, 0) is 18.8 Å². The van der Waals surface area contributed by atoms with E-state index in [0.29, 0.717) is 11.7 Å². The SMILES string of the molecule is CCCCCC12C=CC1CCC2=O. The molecule has 0 N–H and O–H groups in total. The summed E-state index contributed by atoms with van der Waals surface area (Å²) in [7, 11) is 0. The molecule has 2 atom stereocenters. The van der Waals surface area contributed by atoms with Crippen LogP contribution in [0.2, 0.25) is 0 Å². The van der Waals surface area contributed by atoms with E-state index in [0.717, 1.165) is 19.3 Å². The van der Waals surface area contributed by atoms with E-state index in [2.05, 4.69) is 19.1 Å². The van der Waals surface area contributed by atoms with Crippen LogP contribution in [-0.4, -0.2) is 5.78 Å². The van der Waals surface area contributed by atoms with Gasteiger partial charge in [-0.3, -0.25) is 4.79 Å². The number of ketones is 1. The number of hydrogen-bond donors (Lipinski definition) is 0. The average molecular weight is 178 g/mol.